The van der Waals surface area contributed by atoms with E-state index >= 15 is 0 Å². The maximum atomic E-state index is 6.36. The average Bonchev–Trinajstić information content (AvgIpc) is 3.74. The number of para-hydroxylation sites is 1. The summed E-state index contributed by atoms with van der Waals surface area (Å²) < 4.78 is 6.36. The zero-order valence-electron chi connectivity index (χ0n) is 30.3. The third-order valence-corrected chi connectivity index (χ3v) is 13.8. The predicted octanol–water partition coefficient (Wildman–Crippen LogP) is 14.1. The van der Waals surface area contributed by atoms with Crippen molar-refractivity contribution >= 4 is 39.0 Å². The number of hydrogen-bond donors (Lipinski definition) is 0. The highest BCUT2D eigenvalue weighted by Crippen LogP contribution is 2.69. The molecule has 4 saturated carbocycles. The third-order valence-electron chi connectivity index (χ3n) is 13.8. The zero-order valence-corrected chi connectivity index (χ0v) is 30.3. The fourth-order valence-corrected chi connectivity index (χ4v) is 11.9. The molecule has 0 saturated heterocycles. The Morgan fingerprint density at radius 1 is 0.426 bits per heavy atom. The van der Waals surface area contributed by atoms with Crippen LogP contribution in [0.25, 0.3) is 55.3 Å². The van der Waals surface area contributed by atoms with E-state index in [-0.39, 0.29) is 5.41 Å². The van der Waals surface area contributed by atoms with Crippen LogP contribution in [0.4, 0.5) is 17.1 Å². The number of furan rings is 1. The number of fused-ring (bicyclic) bond motifs is 6. The summed E-state index contributed by atoms with van der Waals surface area (Å²) in [6.45, 7) is 0. The first-order chi connectivity index (χ1) is 26.7. The summed E-state index contributed by atoms with van der Waals surface area (Å²) in [5.41, 5.74) is 16.4. The van der Waals surface area contributed by atoms with Gasteiger partial charge in [-0.25, -0.2) is 0 Å². The molecule has 8 aromatic rings. The number of hydrogen-bond acceptors (Lipinski definition) is 2. The minimum atomic E-state index is 0.0885. The second kappa shape index (κ2) is 11.6. The van der Waals surface area contributed by atoms with Crippen molar-refractivity contribution in [3.05, 3.63) is 175 Å². The van der Waals surface area contributed by atoms with Gasteiger partial charge < -0.3 is 9.32 Å². The van der Waals surface area contributed by atoms with E-state index in [1.165, 1.54) is 76.9 Å². The van der Waals surface area contributed by atoms with Crippen LogP contribution in [0, 0.1) is 23.7 Å². The monoisotopic (exact) mass is 695 g/mol. The Bertz CT molecular complexity index is 2710. The molecule has 1 spiro atoms. The first-order valence-corrected chi connectivity index (χ1v) is 19.9. The molecule has 4 bridgehead atoms. The summed E-state index contributed by atoms with van der Waals surface area (Å²) in [4.78, 5) is 2.53. The van der Waals surface area contributed by atoms with Crippen LogP contribution in [-0.2, 0) is 5.41 Å². The van der Waals surface area contributed by atoms with Gasteiger partial charge in [-0.1, -0.05) is 115 Å². The van der Waals surface area contributed by atoms with E-state index in [9.17, 15) is 0 Å². The van der Waals surface area contributed by atoms with Gasteiger partial charge in [-0.2, -0.15) is 0 Å². The van der Waals surface area contributed by atoms with Gasteiger partial charge in [0.15, 0.2) is 0 Å². The van der Waals surface area contributed by atoms with Gasteiger partial charge in [0.05, 0.1) is 5.69 Å². The fraction of sp³-hybridized carbons (Fsp3) is 0.192. The lowest BCUT2D eigenvalue weighted by atomic mass is 9.43. The van der Waals surface area contributed by atoms with Crippen LogP contribution in [-0.4, -0.2) is 0 Å². The Hall–Kier alpha value is -5.86. The molecule has 1 heterocycles. The van der Waals surface area contributed by atoms with Crippen LogP contribution in [0.2, 0.25) is 0 Å². The van der Waals surface area contributed by atoms with E-state index in [0.717, 1.165) is 39.5 Å². The quantitative estimate of drug-likeness (QED) is 0.178. The smallest absolute Gasteiger partial charge is 0.135 e. The van der Waals surface area contributed by atoms with Gasteiger partial charge in [0.25, 0.3) is 0 Å². The summed E-state index contributed by atoms with van der Waals surface area (Å²) in [5.74, 6) is 3.22. The number of rotatable bonds is 5. The normalized spacial score (nSPS) is 23.3. The van der Waals surface area contributed by atoms with Gasteiger partial charge in [0, 0.05) is 33.1 Å². The minimum absolute atomic E-state index is 0.0885. The van der Waals surface area contributed by atoms with Crippen molar-refractivity contribution in [1.82, 2.24) is 0 Å². The highest BCUT2D eigenvalue weighted by Gasteiger charge is 2.61. The Morgan fingerprint density at radius 2 is 1.06 bits per heavy atom. The molecule has 0 aliphatic heterocycles. The van der Waals surface area contributed by atoms with Gasteiger partial charge in [-0.05, 0) is 143 Å². The van der Waals surface area contributed by atoms with E-state index in [4.69, 9.17) is 4.42 Å². The summed E-state index contributed by atoms with van der Waals surface area (Å²) >= 11 is 0. The van der Waals surface area contributed by atoms with Gasteiger partial charge in [0.1, 0.15) is 11.2 Å². The molecule has 0 amide bonds. The van der Waals surface area contributed by atoms with Gasteiger partial charge in [-0.3, -0.25) is 0 Å². The molecular formula is C52H41NO. The molecule has 5 aliphatic carbocycles. The molecule has 7 aromatic carbocycles. The molecule has 2 nitrogen and oxygen atoms in total. The number of anilines is 3. The molecule has 2 heteroatoms. The Labute approximate surface area is 316 Å². The molecule has 54 heavy (non-hydrogen) atoms. The van der Waals surface area contributed by atoms with Gasteiger partial charge >= 0.3 is 0 Å². The summed E-state index contributed by atoms with van der Waals surface area (Å²) in [5, 5.41) is 2.29. The molecule has 0 unspecified atom stereocenters. The second-order valence-corrected chi connectivity index (χ2v) is 16.5. The average molecular weight is 696 g/mol. The van der Waals surface area contributed by atoms with Crippen LogP contribution in [0.15, 0.2) is 168 Å². The summed E-state index contributed by atoms with van der Waals surface area (Å²) in [6.07, 6.45) is 6.95. The molecule has 260 valence electrons. The summed E-state index contributed by atoms with van der Waals surface area (Å²) in [7, 11) is 0. The maximum absolute atomic E-state index is 6.36. The summed E-state index contributed by atoms with van der Waals surface area (Å²) in [6, 6.07) is 60.9. The molecule has 5 aliphatic rings. The Kier molecular flexibility index (Phi) is 6.55. The highest BCUT2D eigenvalue weighted by atomic mass is 16.3. The first-order valence-electron chi connectivity index (χ1n) is 19.9. The molecule has 4 fully saturated rings. The van der Waals surface area contributed by atoms with E-state index in [2.05, 4.69) is 169 Å². The van der Waals surface area contributed by atoms with Crippen molar-refractivity contribution < 1.29 is 4.42 Å². The van der Waals surface area contributed by atoms with Crippen LogP contribution < -0.4 is 4.90 Å². The highest BCUT2D eigenvalue weighted by molar-refractivity contribution is 6.07. The lowest BCUT2D eigenvalue weighted by Crippen LogP contribution is -2.55. The first kappa shape index (κ1) is 30.6. The predicted molar refractivity (Wildman–Crippen MR) is 223 cm³/mol. The molecule has 1 aromatic heterocycles. The lowest BCUT2D eigenvalue weighted by Gasteiger charge is -2.61. The van der Waals surface area contributed by atoms with Crippen molar-refractivity contribution in [1.29, 1.82) is 0 Å². The molecule has 0 atom stereocenters. The zero-order chi connectivity index (χ0) is 35.4. The van der Waals surface area contributed by atoms with Gasteiger partial charge in [0.2, 0.25) is 0 Å². The molecule has 0 radical (unpaired) electrons. The molecular weight excluding hydrogens is 655 g/mol. The van der Waals surface area contributed by atoms with Crippen molar-refractivity contribution in [3.8, 4) is 33.4 Å². The van der Waals surface area contributed by atoms with Crippen molar-refractivity contribution in [2.24, 2.45) is 23.7 Å². The maximum Gasteiger partial charge on any atom is 0.135 e. The van der Waals surface area contributed by atoms with Gasteiger partial charge in [-0.15, -0.1) is 0 Å². The van der Waals surface area contributed by atoms with Crippen LogP contribution >= 0.6 is 0 Å². The van der Waals surface area contributed by atoms with Crippen LogP contribution in [0.3, 0.4) is 0 Å². The minimum Gasteiger partial charge on any atom is -0.456 e. The van der Waals surface area contributed by atoms with E-state index in [1.54, 1.807) is 11.1 Å². The fourth-order valence-electron chi connectivity index (χ4n) is 11.9. The van der Waals surface area contributed by atoms with Crippen molar-refractivity contribution in [3.63, 3.8) is 0 Å². The Morgan fingerprint density at radius 3 is 1.85 bits per heavy atom. The number of benzene rings is 7. The third kappa shape index (κ3) is 4.34. The lowest BCUT2D eigenvalue weighted by molar-refractivity contribution is -0.0399. The van der Waals surface area contributed by atoms with Crippen molar-refractivity contribution in [2.75, 3.05) is 4.90 Å². The SMILES string of the molecule is c1ccc(-c2ccc(N(c3ccc4c(c3)C3(c5ccccc5-4)C4CC5CC(C4)CC3C5)c3ccc4oc5ccccc5c4c3)c(-c3ccccc3)c2)cc1. The number of nitrogens with zero attached hydrogens (tertiary/aromatic N) is 1. The second-order valence-electron chi connectivity index (χ2n) is 16.5. The van der Waals surface area contributed by atoms with Crippen LogP contribution in [0.1, 0.15) is 43.2 Å². The standard InChI is InChI=1S/C52H41NO/c1-3-11-35(12-4-1)37-19-23-49(45(30-37)36-13-5-2-6-14-36)53(40-21-24-51-46(31-40)44-16-8-10-18-50(44)54-51)41-20-22-43-42-15-7-9-17-47(42)52(48(43)32-41)38-26-33-25-34(28-38)29-39(52)27-33/h1-24,30-34,38-39H,25-29H2. The van der Waals surface area contributed by atoms with E-state index in [1.807, 2.05) is 0 Å². The largest absolute Gasteiger partial charge is 0.456 e. The molecule has 13 rings (SSSR count). The van der Waals surface area contributed by atoms with Crippen LogP contribution in [0.5, 0.6) is 0 Å². The van der Waals surface area contributed by atoms with Crippen molar-refractivity contribution in [2.45, 2.75) is 37.5 Å². The molecule has 0 N–H and O–H groups in total. The Balaban J connectivity index is 1.12. The van der Waals surface area contributed by atoms with E-state index < -0.39 is 0 Å². The van der Waals surface area contributed by atoms with E-state index in [0.29, 0.717) is 11.8 Å². The topological polar surface area (TPSA) is 16.4 Å².